The van der Waals surface area contributed by atoms with Crippen LogP contribution in [0.15, 0.2) is 53.4 Å². The maximum absolute atomic E-state index is 12.7. The van der Waals surface area contributed by atoms with Crippen LogP contribution < -0.4 is 14.9 Å². The van der Waals surface area contributed by atoms with Crippen LogP contribution in [0.3, 0.4) is 0 Å². The largest absolute Gasteiger partial charge is 0.378 e. The van der Waals surface area contributed by atoms with Crippen LogP contribution in [-0.4, -0.2) is 59.9 Å². The SMILES string of the molecule is O=C(Nc1ccc(N2CCOCC2)cc1)c1cccc(S(=O)(=O)NC[C@H]2CCCO2)c1. The number of anilines is 2. The van der Waals surface area contributed by atoms with Crippen molar-refractivity contribution in [3.05, 3.63) is 54.1 Å². The number of sulfonamides is 1. The zero-order valence-corrected chi connectivity index (χ0v) is 18.1. The molecule has 2 N–H and O–H groups in total. The molecule has 2 aliphatic rings. The monoisotopic (exact) mass is 445 g/mol. The van der Waals surface area contributed by atoms with E-state index >= 15 is 0 Å². The van der Waals surface area contributed by atoms with Crippen LogP contribution in [0.1, 0.15) is 23.2 Å². The maximum Gasteiger partial charge on any atom is 0.255 e. The predicted octanol–water partition coefficient (Wildman–Crippen LogP) is 2.23. The average molecular weight is 446 g/mol. The van der Waals surface area contributed by atoms with Gasteiger partial charge in [0.15, 0.2) is 0 Å². The molecule has 4 rings (SSSR count). The van der Waals surface area contributed by atoms with Gasteiger partial charge in [-0.1, -0.05) is 6.07 Å². The molecule has 0 bridgehead atoms. The van der Waals surface area contributed by atoms with Crippen LogP contribution in [0.5, 0.6) is 0 Å². The number of hydrogen-bond donors (Lipinski definition) is 2. The zero-order chi connectivity index (χ0) is 21.7. The average Bonchev–Trinajstić information content (AvgIpc) is 3.33. The van der Waals surface area contributed by atoms with Gasteiger partial charge in [0.1, 0.15) is 0 Å². The maximum atomic E-state index is 12.7. The summed E-state index contributed by atoms with van der Waals surface area (Å²) in [5.74, 6) is -0.365. The normalized spacial score (nSPS) is 19.4. The zero-order valence-electron chi connectivity index (χ0n) is 17.2. The summed E-state index contributed by atoms with van der Waals surface area (Å²) in [6.07, 6.45) is 1.69. The minimum atomic E-state index is -3.72. The standard InChI is InChI=1S/C22H27N3O5S/c26-22(24-18-6-8-19(9-7-18)25-10-13-29-14-11-25)17-3-1-5-21(15-17)31(27,28)23-16-20-4-2-12-30-20/h1,3,5-9,15,20,23H,2,4,10-14,16H2,(H,24,26)/t20-/m1/s1. The topological polar surface area (TPSA) is 97.0 Å². The van der Waals surface area contributed by atoms with E-state index < -0.39 is 10.0 Å². The molecule has 2 saturated heterocycles. The Hall–Kier alpha value is -2.46. The smallest absolute Gasteiger partial charge is 0.255 e. The second-order valence-corrected chi connectivity index (χ2v) is 9.38. The van der Waals surface area contributed by atoms with E-state index in [0.29, 0.717) is 25.5 Å². The molecule has 166 valence electrons. The molecule has 9 heteroatoms. The van der Waals surface area contributed by atoms with Gasteiger partial charge in [0, 0.05) is 43.2 Å². The van der Waals surface area contributed by atoms with Crippen molar-refractivity contribution in [1.82, 2.24) is 4.72 Å². The van der Waals surface area contributed by atoms with Gasteiger partial charge < -0.3 is 19.7 Å². The van der Waals surface area contributed by atoms with Crippen LogP contribution in [0.4, 0.5) is 11.4 Å². The Bertz CT molecular complexity index is 998. The summed E-state index contributed by atoms with van der Waals surface area (Å²) in [4.78, 5) is 15.0. The summed E-state index contributed by atoms with van der Waals surface area (Å²) in [5, 5.41) is 2.83. The lowest BCUT2D eigenvalue weighted by Gasteiger charge is -2.28. The lowest BCUT2D eigenvalue weighted by molar-refractivity contribution is 0.102. The first kappa shape index (κ1) is 21.8. The molecule has 31 heavy (non-hydrogen) atoms. The summed E-state index contributed by atoms with van der Waals surface area (Å²) in [6.45, 7) is 3.99. The van der Waals surface area contributed by atoms with E-state index in [1.165, 1.54) is 12.1 Å². The third-order valence-electron chi connectivity index (χ3n) is 5.43. The molecule has 0 spiro atoms. The molecule has 2 aliphatic heterocycles. The van der Waals surface area contributed by atoms with E-state index in [9.17, 15) is 13.2 Å². The fraction of sp³-hybridized carbons (Fsp3) is 0.409. The van der Waals surface area contributed by atoms with Gasteiger partial charge in [0.25, 0.3) is 5.91 Å². The molecule has 2 heterocycles. The quantitative estimate of drug-likeness (QED) is 0.679. The Morgan fingerprint density at radius 1 is 1.06 bits per heavy atom. The number of nitrogens with one attached hydrogen (secondary N) is 2. The number of nitrogens with zero attached hydrogens (tertiary/aromatic N) is 1. The van der Waals surface area contributed by atoms with E-state index in [1.807, 2.05) is 24.3 Å². The van der Waals surface area contributed by atoms with E-state index in [-0.39, 0.29) is 29.0 Å². The number of rotatable bonds is 7. The van der Waals surface area contributed by atoms with Crippen molar-refractivity contribution in [2.75, 3.05) is 49.7 Å². The molecule has 0 radical (unpaired) electrons. The first-order chi connectivity index (χ1) is 15.0. The lowest BCUT2D eigenvalue weighted by atomic mass is 10.2. The van der Waals surface area contributed by atoms with Gasteiger partial charge in [-0.05, 0) is 55.3 Å². The van der Waals surface area contributed by atoms with Crippen molar-refractivity contribution in [3.63, 3.8) is 0 Å². The molecule has 2 aromatic carbocycles. The van der Waals surface area contributed by atoms with Gasteiger partial charge in [0.2, 0.25) is 10.0 Å². The molecule has 1 amide bonds. The van der Waals surface area contributed by atoms with Gasteiger partial charge >= 0.3 is 0 Å². The summed E-state index contributed by atoms with van der Waals surface area (Å²) >= 11 is 0. The first-order valence-electron chi connectivity index (χ1n) is 10.5. The predicted molar refractivity (Wildman–Crippen MR) is 118 cm³/mol. The highest BCUT2D eigenvalue weighted by Crippen LogP contribution is 2.20. The highest BCUT2D eigenvalue weighted by molar-refractivity contribution is 7.89. The Kier molecular flexibility index (Phi) is 6.86. The van der Waals surface area contributed by atoms with Gasteiger partial charge in [-0.25, -0.2) is 13.1 Å². The third-order valence-corrected chi connectivity index (χ3v) is 6.85. The molecule has 8 nitrogen and oxygen atoms in total. The summed E-state index contributed by atoms with van der Waals surface area (Å²) in [7, 11) is -3.72. The van der Waals surface area contributed by atoms with Gasteiger partial charge in [-0.3, -0.25) is 4.79 Å². The van der Waals surface area contributed by atoms with Gasteiger partial charge in [0.05, 0.1) is 24.2 Å². The van der Waals surface area contributed by atoms with E-state index in [1.54, 1.807) is 12.1 Å². The summed E-state index contributed by atoms with van der Waals surface area (Å²) in [6, 6.07) is 13.6. The van der Waals surface area contributed by atoms with Crippen molar-refractivity contribution in [2.45, 2.75) is 23.8 Å². The second-order valence-electron chi connectivity index (χ2n) is 7.62. The summed E-state index contributed by atoms with van der Waals surface area (Å²) < 4.78 is 38.6. The number of carbonyl (C=O) groups is 1. The Balaban J connectivity index is 1.39. The minimum Gasteiger partial charge on any atom is -0.378 e. The Morgan fingerprint density at radius 3 is 2.55 bits per heavy atom. The highest BCUT2D eigenvalue weighted by Gasteiger charge is 2.21. The molecule has 1 atom stereocenters. The highest BCUT2D eigenvalue weighted by atomic mass is 32.2. The number of amides is 1. The van der Waals surface area contributed by atoms with Crippen LogP contribution in [0.25, 0.3) is 0 Å². The molecular weight excluding hydrogens is 418 g/mol. The van der Waals surface area contributed by atoms with Crippen molar-refractivity contribution >= 4 is 27.3 Å². The number of carbonyl (C=O) groups excluding carboxylic acids is 1. The molecule has 0 aromatic heterocycles. The van der Waals surface area contributed by atoms with E-state index in [2.05, 4.69) is 14.9 Å². The molecule has 2 fully saturated rings. The first-order valence-corrected chi connectivity index (χ1v) is 11.9. The number of morpholine rings is 1. The fourth-order valence-electron chi connectivity index (χ4n) is 3.68. The van der Waals surface area contributed by atoms with E-state index in [4.69, 9.17) is 9.47 Å². The minimum absolute atomic E-state index is 0.0563. The molecule has 2 aromatic rings. The van der Waals surface area contributed by atoms with Crippen molar-refractivity contribution < 1.29 is 22.7 Å². The molecule has 0 aliphatic carbocycles. The second kappa shape index (κ2) is 9.78. The van der Waals surface area contributed by atoms with E-state index in [0.717, 1.165) is 31.6 Å². The van der Waals surface area contributed by atoms with Gasteiger partial charge in [-0.2, -0.15) is 0 Å². The van der Waals surface area contributed by atoms with Crippen molar-refractivity contribution in [2.24, 2.45) is 0 Å². The number of benzene rings is 2. The van der Waals surface area contributed by atoms with Crippen LogP contribution >= 0.6 is 0 Å². The third kappa shape index (κ3) is 5.62. The Labute approximate surface area is 182 Å². The van der Waals surface area contributed by atoms with Gasteiger partial charge in [-0.15, -0.1) is 0 Å². The van der Waals surface area contributed by atoms with Crippen LogP contribution in [-0.2, 0) is 19.5 Å². The number of ether oxygens (including phenoxy) is 2. The molecule has 0 unspecified atom stereocenters. The number of hydrogen-bond acceptors (Lipinski definition) is 6. The van der Waals surface area contributed by atoms with Crippen LogP contribution in [0, 0.1) is 0 Å². The fourth-order valence-corrected chi connectivity index (χ4v) is 4.79. The van der Waals surface area contributed by atoms with Crippen molar-refractivity contribution in [3.8, 4) is 0 Å². The molecular formula is C22H27N3O5S. The summed E-state index contributed by atoms with van der Waals surface area (Å²) in [5.41, 5.74) is 2.00. The Morgan fingerprint density at radius 2 is 1.84 bits per heavy atom. The lowest BCUT2D eigenvalue weighted by Crippen LogP contribution is -2.36. The van der Waals surface area contributed by atoms with Crippen LogP contribution in [0.2, 0.25) is 0 Å². The van der Waals surface area contributed by atoms with Crippen molar-refractivity contribution in [1.29, 1.82) is 0 Å². The molecule has 0 saturated carbocycles.